The number of aryl methyl sites for hydroxylation is 1. The zero-order chi connectivity index (χ0) is 19.6. The fourth-order valence-corrected chi connectivity index (χ4v) is 3.25. The van der Waals surface area contributed by atoms with Crippen LogP contribution in [0.15, 0.2) is 41.4 Å². The van der Waals surface area contributed by atoms with E-state index in [2.05, 4.69) is 30.8 Å². The molecule has 142 valence electrons. The predicted molar refractivity (Wildman–Crippen MR) is 104 cm³/mol. The largest absolute Gasteiger partial charge is 0.325 e. The third-order valence-corrected chi connectivity index (χ3v) is 5.84. The lowest BCUT2D eigenvalue weighted by molar-refractivity contribution is 0.521. The molecule has 9 nitrogen and oxygen atoms in total. The van der Waals surface area contributed by atoms with Crippen molar-refractivity contribution in [2.75, 3.05) is 24.7 Å². The molecule has 0 fully saturated rings. The first kappa shape index (κ1) is 18.8. The van der Waals surface area contributed by atoms with Crippen LogP contribution in [-0.2, 0) is 10.0 Å². The van der Waals surface area contributed by atoms with Crippen molar-refractivity contribution in [3.8, 4) is 0 Å². The van der Waals surface area contributed by atoms with E-state index in [1.807, 2.05) is 13.8 Å². The number of H-pyrrole nitrogens is 1. The highest BCUT2D eigenvalue weighted by molar-refractivity contribution is 7.89. The minimum atomic E-state index is -3.51. The summed E-state index contributed by atoms with van der Waals surface area (Å²) in [5, 5.41) is 13.2. The van der Waals surface area contributed by atoms with E-state index in [0.29, 0.717) is 17.5 Å². The first-order chi connectivity index (χ1) is 12.8. The summed E-state index contributed by atoms with van der Waals surface area (Å²) in [5.41, 5.74) is 2.48. The number of sulfonamides is 1. The second-order valence-corrected chi connectivity index (χ2v) is 8.29. The van der Waals surface area contributed by atoms with Gasteiger partial charge in [0.05, 0.1) is 10.6 Å². The van der Waals surface area contributed by atoms with Gasteiger partial charge in [0.25, 0.3) is 0 Å². The monoisotopic (exact) mass is 387 g/mol. The van der Waals surface area contributed by atoms with Gasteiger partial charge in [-0.2, -0.15) is 10.1 Å². The number of rotatable bonds is 6. The number of aromatic amines is 1. The Labute approximate surface area is 157 Å². The normalized spacial score (nSPS) is 11.6. The number of nitrogens with zero attached hydrogens (tertiary/aromatic N) is 4. The Hall–Kier alpha value is -2.98. The highest BCUT2D eigenvalue weighted by Crippen LogP contribution is 2.22. The van der Waals surface area contributed by atoms with E-state index >= 15 is 0 Å². The van der Waals surface area contributed by atoms with Gasteiger partial charge in [0.1, 0.15) is 11.6 Å². The molecule has 0 amide bonds. The van der Waals surface area contributed by atoms with Crippen molar-refractivity contribution in [3.05, 3.63) is 47.8 Å². The van der Waals surface area contributed by atoms with Crippen LogP contribution in [0, 0.1) is 13.8 Å². The molecule has 3 aromatic rings. The highest BCUT2D eigenvalue weighted by Gasteiger charge is 2.17. The maximum atomic E-state index is 12.3. The quantitative estimate of drug-likeness (QED) is 0.595. The molecular weight excluding hydrogens is 366 g/mol. The van der Waals surface area contributed by atoms with Gasteiger partial charge in [-0.3, -0.25) is 5.10 Å². The molecule has 3 N–H and O–H groups in total. The molecule has 0 aliphatic heterocycles. The maximum absolute atomic E-state index is 12.3. The van der Waals surface area contributed by atoms with Gasteiger partial charge < -0.3 is 10.6 Å². The summed E-state index contributed by atoms with van der Waals surface area (Å²) in [6.45, 7) is 3.87. The van der Waals surface area contributed by atoms with Gasteiger partial charge in [-0.15, -0.1) is 0 Å². The number of anilines is 4. The van der Waals surface area contributed by atoms with Crippen LogP contribution in [0.2, 0.25) is 0 Å². The van der Waals surface area contributed by atoms with E-state index < -0.39 is 10.0 Å². The predicted octanol–water partition coefficient (Wildman–Crippen LogP) is 2.55. The molecule has 0 atom stereocenters. The Morgan fingerprint density at radius 1 is 1.11 bits per heavy atom. The van der Waals surface area contributed by atoms with Crippen molar-refractivity contribution in [1.29, 1.82) is 0 Å². The number of hydrogen-bond acceptors (Lipinski definition) is 7. The van der Waals surface area contributed by atoms with Crippen LogP contribution in [0.4, 0.5) is 23.3 Å². The van der Waals surface area contributed by atoms with Crippen LogP contribution in [-0.4, -0.2) is 47.0 Å². The van der Waals surface area contributed by atoms with Gasteiger partial charge in [-0.25, -0.2) is 17.7 Å². The number of nitrogens with one attached hydrogen (secondary N) is 3. The standard InChI is InChI=1S/C17H21N7O2S/c1-11-12(2)22-23-16(11)20-15-8-9-18-17(21-15)19-13-6-5-7-14(10-13)27(25,26)24(3)4/h5-10H,1-4H3,(H3,18,19,20,21,22,23). The van der Waals surface area contributed by atoms with Gasteiger partial charge >= 0.3 is 0 Å². The molecule has 0 unspecified atom stereocenters. The molecule has 0 aliphatic rings. The first-order valence-corrected chi connectivity index (χ1v) is 9.62. The summed E-state index contributed by atoms with van der Waals surface area (Å²) >= 11 is 0. The van der Waals surface area contributed by atoms with Crippen molar-refractivity contribution >= 4 is 33.3 Å². The van der Waals surface area contributed by atoms with Gasteiger partial charge in [0.15, 0.2) is 0 Å². The van der Waals surface area contributed by atoms with Crippen molar-refractivity contribution in [1.82, 2.24) is 24.5 Å². The molecule has 0 bridgehead atoms. The molecule has 0 aliphatic carbocycles. The fourth-order valence-electron chi connectivity index (χ4n) is 2.30. The Morgan fingerprint density at radius 3 is 2.56 bits per heavy atom. The Kier molecular flexibility index (Phi) is 5.10. The Bertz CT molecular complexity index is 1060. The van der Waals surface area contributed by atoms with E-state index in [4.69, 9.17) is 0 Å². The van der Waals surface area contributed by atoms with E-state index in [1.54, 1.807) is 36.5 Å². The Balaban J connectivity index is 1.82. The fraction of sp³-hybridized carbons (Fsp3) is 0.235. The Morgan fingerprint density at radius 2 is 1.89 bits per heavy atom. The van der Waals surface area contributed by atoms with Crippen molar-refractivity contribution in [2.24, 2.45) is 0 Å². The topological polar surface area (TPSA) is 116 Å². The molecule has 0 radical (unpaired) electrons. The van der Waals surface area contributed by atoms with E-state index in [1.165, 1.54) is 18.4 Å². The average molecular weight is 387 g/mol. The summed E-state index contributed by atoms with van der Waals surface area (Å²) < 4.78 is 25.7. The molecule has 0 saturated heterocycles. The van der Waals surface area contributed by atoms with Gasteiger partial charge in [0, 0.05) is 31.5 Å². The van der Waals surface area contributed by atoms with Crippen LogP contribution in [0.5, 0.6) is 0 Å². The molecule has 0 saturated carbocycles. The molecule has 0 spiro atoms. The van der Waals surface area contributed by atoms with E-state index in [9.17, 15) is 8.42 Å². The zero-order valence-electron chi connectivity index (χ0n) is 15.5. The number of aromatic nitrogens is 4. The van der Waals surface area contributed by atoms with Gasteiger partial charge in [-0.05, 0) is 38.1 Å². The summed E-state index contributed by atoms with van der Waals surface area (Å²) in [6.07, 6.45) is 1.61. The zero-order valence-corrected chi connectivity index (χ0v) is 16.3. The molecule has 3 rings (SSSR count). The van der Waals surface area contributed by atoms with Gasteiger partial charge in [-0.1, -0.05) is 6.07 Å². The van der Waals surface area contributed by atoms with Crippen LogP contribution >= 0.6 is 0 Å². The SMILES string of the molecule is Cc1n[nH]c(Nc2ccnc(Nc3cccc(S(=O)(=O)N(C)C)c3)n2)c1C. The first-order valence-electron chi connectivity index (χ1n) is 8.18. The third kappa shape index (κ3) is 4.07. The second kappa shape index (κ2) is 7.33. The second-order valence-electron chi connectivity index (χ2n) is 6.14. The van der Waals surface area contributed by atoms with Crippen LogP contribution in [0.1, 0.15) is 11.3 Å². The van der Waals surface area contributed by atoms with Crippen LogP contribution in [0.3, 0.4) is 0 Å². The molecule has 2 heterocycles. The lowest BCUT2D eigenvalue weighted by Crippen LogP contribution is -2.22. The highest BCUT2D eigenvalue weighted by atomic mass is 32.2. The van der Waals surface area contributed by atoms with Crippen molar-refractivity contribution in [3.63, 3.8) is 0 Å². The molecular formula is C17H21N7O2S. The molecule has 10 heteroatoms. The van der Waals surface area contributed by atoms with Crippen LogP contribution < -0.4 is 10.6 Å². The summed E-state index contributed by atoms with van der Waals surface area (Å²) in [7, 11) is -0.528. The molecule has 1 aromatic carbocycles. The third-order valence-electron chi connectivity index (χ3n) is 4.03. The van der Waals surface area contributed by atoms with E-state index in [0.717, 1.165) is 17.1 Å². The minimum Gasteiger partial charge on any atom is -0.325 e. The number of hydrogen-bond donors (Lipinski definition) is 3. The summed E-state index contributed by atoms with van der Waals surface area (Å²) in [4.78, 5) is 8.77. The maximum Gasteiger partial charge on any atom is 0.242 e. The minimum absolute atomic E-state index is 0.190. The smallest absolute Gasteiger partial charge is 0.242 e. The lowest BCUT2D eigenvalue weighted by atomic mass is 10.3. The van der Waals surface area contributed by atoms with Crippen molar-refractivity contribution in [2.45, 2.75) is 18.7 Å². The number of benzene rings is 1. The molecule has 2 aromatic heterocycles. The average Bonchev–Trinajstić information content (AvgIpc) is 2.94. The van der Waals surface area contributed by atoms with E-state index in [-0.39, 0.29) is 4.90 Å². The summed E-state index contributed by atoms with van der Waals surface area (Å²) in [5.74, 6) is 1.68. The molecule has 27 heavy (non-hydrogen) atoms. The lowest BCUT2D eigenvalue weighted by Gasteiger charge is -2.13. The van der Waals surface area contributed by atoms with Crippen molar-refractivity contribution < 1.29 is 8.42 Å². The summed E-state index contributed by atoms with van der Waals surface area (Å²) in [6, 6.07) is 8.23. The van der Waals surface area contributed by atoms with Crippen LogP contribution in [0.25, 0.3) is 0 Å². The van der Waals surface area contributed by atoms with Gasteiger partial charge in [0.2, 0.25) is 16.0 Å².